The van der Waals surface area contributed by atoms with E-state index in [2.05, 4.69) is 20.3 Å². The fourth-order valence-corrected chi connectivity index (χ4v) is 2.49. The van der Waals surface area contributed by atoms with Gasteiger partial charge in [-0.3, -0.25) is 4.79 Å². The van der Waals surface area contributed by atoms with Crippen molar-refractivity contribution < 1.29 is 9.53 Å². The molecule has 2 aromatic heterocycles. The van der Waals surface area contributed by atoms with Crippen LogP contribution >= 0.6 is 0 Å². The van der Waals surface area contributed by atoms with Crippen LogP contribution in [0.3, 0.4) is 0 Å². The van der Waals surface area contributed by atoms with Crippen LogP contribution in [0.2, 0.25) is 0 Å². The Bertz CT molecular complexity index is 654. The number of amides is 1. The maximum absolute atomic E-state index is 12.3. The molecule has 1 amide bonds. The number of carbonyl (C=O) groups is 1. The van der Waals surface area contributed by atoms with Gasteiger partial charge in [0.25, 0.3) is 5.91 Å². The Balaban J connectivity index is 1.70. The summed E-state index contributed by atoms with van der Waals surface area (Å²) in [6.07, 6.45) is 6.80. The Morgan fingerprint density at radius 3 is 2.91 bits per heavy atom. The number of rotatable bonds is 4. The SMILES string of the molecule is CC1(CNC(=O)c2cccc(-c3cncnc3)n2)CCCO1. The van der Waals surface area contributed by atoms with Gasteiger partial charge in [0.15, 0.2) is 0 Å². The molecule has 0 radical (unpaired) electrons. The van der Waals surface area contributed by atoms with Gasteiger partial charge in [-0.25, -0.2) is 15.0 Å². The third-order valence-corrected chi connectivity index (χ3v) is 3.76. The number of aromatic nitrogens is 3. The van der Waals surface area contributed by atoms with E-state index in [-0.39, 0.29) is 11.5 Å². The van der Waals surface area contributed by atoms with Gasteiger partial charge in [-0.15, -0.1) is 0 Å². The highest BCUT2D eigenvalue weighted by molar-refractivity contribution is 5.92. The lowest BCUT2D eigenvalue weighted by atomic mass is 10.0. The second-order valence-corrected chi connectivity index (χ2v) is 5.62. The molecule has 1 unspecified atom stereocenters. The van der Waals surface area contributed by atoms with Gasteiger partial charge in [0.05, 0.1) is 11.3 Å². The molecule has 2 aromatic rings. The van der Waals surface area contributed by atoms with Gasteiger partial charge in [0, 0.05) is 31.1 Å². The normalized spacial score (nSPS) is 20.8. The van der Waals surface area contributed by atoms with Gasteiger partial charge in [0.1, 0.15) is 12.0 Å². The van der Waals surface area contributed by atoms with Gasteiger partial charge < -0.3 is 10.1 Å². The zero-order chi connectivity index (χ0) is 15.4. The van der Waals surface area contributed by atoms with Crippen molar-refractivity contribution in [3.8, 4) is 11.3 Å². The van der Waals surface area contributed by atoms with Crippen LogP contribution < -0.4 is 5.32 Å². The summed E-state index contributed by atoms with van der Waals surface area (Å²) in [6, 6.07) is 5.33. The lowest BCUT2D eigenvalue weighted by Crippen LogP contribution is -2.40. The summed E-state index contributed by atoms with van der Waals surface area (Å²) >= 11 is 0. The molecule has 1 fully saturated rings. The fraction of sp³-hybridized carbons (Fsp3) is 0.375. The minimum Gasteiger partial charge on any atom is -0.373 e. The number of pyridine rings is 1. The lowest BCUT2D eigenvalue weighted by molar-refractivity contribution is 0.0205. The van der Waals surface area contributed by atoms with Crippen molar-refractivity contribution in [2.45, 2.75) is 25.4 Å². The van der Waals surface area contributed by atoms with Gasteiger partial charge in [0.2, 0.25) is 0 Å². The zero-order valence-electron chi connectivity index (χ0n) is 12.5. The van der Waals surface area contributed by atoms with Gasteiger partial charge in [-0.05, 0) is 31.9 Å². The van der Waals surface area contributed by atoms with Crippen LogP contribution in [0.5, 0.6) is 0 Å². The molecule has 1 aliphatic rings. The molecule has 22 heavy (non-hydrogen) atoms. The Kier molecular flexibility index (Phi) is 4.11. The maximum atomic E-state index is 12.3. The number of hydrogen-bond donors (Lipinski definition) is 1. The van der Waals surface area contributed by atoms with E-state index >= 15 is 0 Å². The highest BCUT2D eigenvalue weighted by Crippen LogP contribution is 2.24. The van der Waals surface area contributed by atoms with Crippen LogP contribution in [0.15, 0.2) is 36.9 Å². The van der Waals surface area contributed by atoms with Crippen molar-refractivity contribution in [3.05, 3.63) is 42.6 Å². The molecule has 114 valence electrons. The molecular weight excluding hydrogens is 280 g/mol. The number of hydrogen-bond acceptors (Lipinski definition) is 5. The average molecular weight is 298 g/mol. The van der Waals surface area contributed by atoms with Crippen LogP contribution in [0.25, 0.3) is 11.3 Å². The molecule has 6 nitrogen and oxygen atoms in total. The Hall–Kier alpha value is -2.34. The molecule has 0 saturated carbocycles. The summed E-state index contributed by atoms with van der Waals surface area (Å²) in [5.74, 6) is -0.199. The number of carbonyl (C=O) groups excluding carboxylic acids is 1. The molecule has 1 atom stereocenters. The molecule has 1 saturated heterocycles. The number of nitrogens with zero attached hydrogens (tertiary/aromatic N) is 3. The molecule has 0 bridgehead atoms. The zero-order valence-corrected chi connectivity index (χ0v) is 12.5. The molecule has 0 aliphatic carbocycles. The predicted octanol–water partition coefficient (Wildman–Crippen LogP) is 1.84. The summed E-state index contributed by atoms with van der Waals surface area (Å²) in [5.41, 5.74) is 1.57. The molecule has 1 aliphatic heterocycles. The maximum Gasteiger partial charge on any atom is 0.270 e. The molecule has 3 heterocycles. The van der Waals surface area contributed by atoms with E-state index in [0.717, 1.165) is 25.0 Å². The fourth-order valence-electron chi connectivity index (χ4n) is 2.49. The van der Waals surface area contributed by atoms with E-state index < -0.39 is 0 Å². The quantitative estimate of drug-likeness (QED) is 0.932. The van der Waals surface area contributed by atoms with Crippen LogP contribution in [-0.2, 0) is 4.74 Å². The summed E-state index contributed by atoms with van der Waals surface area (Å²) in [6.45, 7) is 3.27. The van der Waals surface area contributed by atoms with E-state index in [0.29, 0.717) is 17.9 Å². The van der Waals surface area contributed by atoms with E-state index in [1.807, 2.05) is 13.0 Å². The van der Waals surface area contributed by atoms with Crippen molar-refractivity contribution in [1.29, 1.82) is 0 Å². The van der Waals surface area contributed by atoms with Crippen molar-refractivity contribution in [2.75, 3.05) is 13.2 Å². The van der Waals surface area contributed by atoms with Crippen molar-refractivity contribution in [2.24, 2.45) is 0 Å². The first kappa shape index (κ1) is 14.6. The average Bonchev–Trinajstić information content (AvgIpc) is 3.01. The van der Waals surface area contributed by atoms with Crippen LogP contribution in [0, 0.1) is 0 Å². The Labute approximate surface area is 129 Å². The molecule has 1 N–H and O–H groups in total. The molecule has 6 heteroatoms. The van der Waals surface area contributed by atoms with Crippen molar-refractivity contribution in [1.82, 2.24) is 20.3 Å². The van der Waals surface area contributed by atoms with E-state index in [4.69, 9.17) is 4.74 Å². The lowest BCUT2D eigenvalue weighted by Gasteiger charge is -2.23. The second-order valence-electron chi connectivity index (χ2n) is 5.62. The molecular formula is C16H18N4O2. The highest BCUT2D eigenvalue weighted by Gasteiger charge is 2.30. The summed E-state index contributed by atoms with van der Waals surface area (Å²) < 4.78 is 5.67. The van der Waals surface area contributed by atoms with Gasteiger partial charge >= 0.3 is 0 Å². The summed E-state index contributed by atoms with van der Waals surface area (Å²) in [4.78, 5) is 24.6. The predicted molar refractivity (Wildman–Crippen MR) is 81.2 cm³/mol. The Morgan fingerprint density at radius 2 is 2.18 bits per heavy atom. The minimum absolute atomic E-state index is 0.199. The standard InChI is InChI=1S/C16H18N4O2/c1-16(6-3-7-22-16)10-19-15(21)14-5-2-4-13(20-14)12-8-17-11-18-9-12/h2,4-5,8-9,11H,3,6-7,10H2,1H3,(H,19,21). The first-order valence-corrected chi connectivity index (χ1v) is 7.31. The smallest absolute Gasteiger partial charge is 0.270 e. The van der Waals surface area contributed by atoms with Crippen molar-refractivity contribution in [3.63, 3.8) is 0 Å². The van der Waals surface area contributed by atoms with E-state index in [1.54, 1.807) is 24.5 Å². The van der Waals surface area contributed by atoms with Crippen LogP contribution in [0.1, 0.15) is 30.3 Å². The highest BCUT2D eigenvalue weighted by atomic mass is 16.5. The van der Waals surface area contributed by atoms with Gasteiger partial charge in [-0.2, -0.15) is 0 Å². The van der Waals surface area contributed by atoms with Gasteiger partial charge in [-0.1, -0.05) is 6.07 Å². The first-order chi connectivity index (χ1) is 10.7. The van der Waals surface area contributed by atoms with E-state index in [9.17, 15) is 4.79 Å². The monoisotopic (exact) mass is 298 g/mol. The minimum atomic E-state index is -0.263. The molecule has 0 aromatic carbocycles. The Morgan fingerprint density at radius 1 is 1.36 bits per heavy atom. The molecule has 3 rings (SSSR count). The van der Waals surface area contributed by atoms with Crippen LogP contribution in [-0.4, -0.2) is 39.6 Å². The summed E-state index contributed by atoms with van der Waals surface area (Å²) in [7, 11) is 0. The second kappa shape index (κ2) is 6.19. The van der Waals surface area contributed by atoms with Crippen LogP contribution in [0.4, 0.5) is 0 Å². The molecule has 0 spiro atoms. The largest absolute Gasteiger partial charge is 0.373 e. The third-order valence-electron chi connectivity index (χ3n) is 3.76. The topological polar surface area (TPSA) is 77.0 Å². The number of nitrogens with one attached hydrogen (secondary N) is 1. The van der Waals surface area contributed by atoms with E-state index in [1.165, 1.54) is 6.33 Å². The van der Waals surface area contributed by atoms with Crippen molar-refractivity contribution >= 4 is 5.91 Å². The summed E-state index contributed by atoms with van der Waals surface area (Å²) in [5, 5.41) is 2.90. The third kappa shape index (κ3) is 3.28. The first-order valence-electron chi connectivity index (χ1n) is 7.31. The number of ether oxygens (including phenoxy) is 1.